The van der Waals surface area contributed by atoms with Gasteiger partial charge >= 0.3 is 6.18 Å². The van der Waals surface area contributed by atoms with Crippen LogP contribution in [0.4, 0.5) is 13.2 Å². The number of fused-ring (bicyclic) bond motifs is 2. The number of rotatable bonds is 2. The first kappa shape index (κ1) is 12.7. The van der Waals surface area contributed by atoms with Gasteiger partial charge in [0.05, 0.1) is 6.20 Å². The summed E-state index contributed by atoms with van der Waals surface area (Å²) in [5, 5.41) is 3.43. The number of hydrogen-bond acceptors (Lipinski definition) is 3. The van der Waals surface area contributed by atoms with Gasteiger partial charge in [-0.25, -0.2) is 4.98 Å². The molecule has 6 heteroatoms. The normalized spacial score (nSPS) is 33.7. The Morgan fingerprint density at radius 2 is 2.11 bits per heavy atom. The number of halogens is 3. The first-order valence-corrected chi connectivity index (χ1v) is 6.39. The van der Waals surface area contributed by atoms with Gasteiger partial charge in [-0.05, 0) is 37.8 Å². The highest BCUT2D eigenvalue weighted by atomic mass is 19.4. The molecular formula is C13H15F3N2O. The Hall–Kier alpha value is -1.30. The van der Waals surface area contributed by atoms with Gasteiger partial charge < -0.3 is 10.1 Å². The van der Waals surface area contributed by atoms with E-state index in [-0.39, 0.29) is 6.10 Å². The largest absolute Gasteiger partial charge is 0.487 e. The summed E-state index contributed by atoms with van der Waals surface area (Å²) in [5.74, 6) is 1.01. The zero-order valence-corrected chi connectivity index (χ0v) is 10.4. The zero-order chi connectivity index (χ0) is 13.6. The molecular weight excluding hydrogens is 257 g/mol. The monoisotopic (exact) mass is 272 g/mol. The van der Waals surface area contributed by atoms with Crippen LogP contribution in [0.5, 0.6) is 5.75 Å². The Labute approximate surface area is 109 Å². The van der Waals surface area contributed by atoms with Crippen LogP contribution >= 0.6 is 0 Å². The standard InChI is InChI=1S/C13H15F3N2O/c1-7-8-4-10(18-7)11(5-8)19-9-2-3-12(17-6-9)13(14,15)16/h2-3,6-8,10-11,18H,4-5H2,1H3. The summed E-state index contributed by atoms with van der Waals surface area (Å²) in [6.07, 6.45) is -1.17. The van der Waals surface area contributed by atoms with Crippen molar-refractivity contribution in [3.8, 4) is 5.75 Å². The van der Waals surface area contributed by atoms with Crippen molar-refractivity contribution in [1.82, 2.24) is 10.3 Å². The molecule has 1 aromatic heterocycles. The van der Waals surface area contributed by atoms with E-state index < -0.39 is 11.9 Å². The Balaban J connectivity index is 1.65. The van der Waals surface area contributed by atoms with E-state index in [4.69, 9.17) is 4.74 Å². The number of ether oxygens (including phenoxy) is 1. The van der Waals surface area contributed by atoms with Gasteiger partial charge in [-0.1, -0.05) is 0 Å². The molecule has 1 saturated heterocycles. The van der Waals surface area contributed by atoms with Gasteiger partial charge in [0.25, 0.3) is 0 Å². The molecule has 1 saturated carbocycles. The number of pyridine rings is 1. The average Bonchev–Trinajstić information content (AvgIpc) is 2.87. The minimum Gasteiger partial charge on any atom is -0.487 e. The maximum absolute atomic E-state index is 12.4. The highest BCUT2D eigenvalue weighted by Gasteiger charge is 2.45. The number of hydrogen-bond donors (Lipinski definition) is 1. The Kier molecular flexibility index (Phi) is 2.92. The summed E-state index contributed by atoms with van der Waals surface area (Å²) in [6, 6.07) is 3.11. The third-order valence-corrected chi connectivity index (χ3v) is 4.04. The number of piperidine rings is 1. The Morgan fingerprint density at radius 1 is 1.32 bits per heavy atom. The number of alkyl halides is 3. The first-order chi connectivity index (χ1) is 8.93. The van der Waals surface area contributed by atoms with Gasteiger partial charge in [0.2, 0.25) is 0 Å². The van der Waals surface area contributed by atoms with Crippen LogP contribution in [0.1, 0.15) is 25.5 Å². The average molecular weight is 272 g/mol. The van der Waals surface area contributed by atoms with E-state index in [1.807, 2.05) is 0 Å². The predicted octanol–water partition coefficient (Wildman–Crippen LogP) is 2.62. The predicted molar refractivity (Wildman–Crippen MR) is 62.8 cm³/mol. The molecule has 1 aliphatic heterocycles. The maximum atomic E-state index is 12.4. The van der Waals surface area contributed by atoms with Crippen LogP contribution in [0, 0.1) is 5.92 Å². The Bertz CT molecular complexity index is 458. The Morgan fingerprint density at radius 3 is 2.58 bits per heavy atom. The van der Waals surface area contributed by atoms with Gasteiger partial charge in [0.1, 0.15) is 17.5 Å². The van der Waals surface area contributed by atoms with Gasteiger partial charge in [-0.3, -0.25) is 0 Å². The van der Waals surface area contributed by atoms with Crippen molar-refractivity contribution >= 4 is 0 Å². The first-order valence-electron chi connectivity index (χ1n) is 6.39. The number of nitrogens with one attached hydrogen (secondary N) is 1. The molecule has 0 aromatic carbocycles. The molecule has 104 valence electrons. The SMILES string of the molecule is CC1NC2CC1CC2Oc1ccc(C(F)(F)F)nc1. The van der Waals surface area contributed by atoms with Crippen molar-refractivity contribution in [2.45, 2.75) is 44.1 Å². The van der Waals surface area contributed by atoms with Crippen molar-refractivity contribution in [1.29, 1.82) is 0 Å². The second-order valence-corrected chi connectivity index (χ2v) is 5.33. The molecule has 1 N–H and O–H groups in total. The molecule has 0 spiro atoms. The van der Waals surface area contributed by atoms with Gasteiger partial charge in [-0.2, -0.15) is 13.2 Å². The van der Waals surface area contributed by atoms with Crippen LogP contribution in [-0.2, 0) is 6.18 Å². The van der Waals surface area contributed by atoms with E-state index >= 15 is 0 Å². The molecule has 3 rings (SSSR count). The van der Waals surface area contributed by atoms with Crippen LogP contribution in [0.2, 0.25) is 0 Å². The van der Waals surface area contributed by atoms with Gasteiger partial charge in [0, 0.05) is 12.1 Å². The molecule has 4 unspecified atom stereocenters. The molecule has 0 radical (unpaired) electrons. The van der Waals surface area contributed by atoms with Crippen LogP contribution < -0.4 is 10.1 Å². The van der Waals surface area contributed by atoms with Crippen molar-refractivity contribution in [3.63, 3.8) is 0 Å². The zero-order valence-electron chi connectivity index (χ0n) is 10.4. The van der Waals surface area contributed by atoms with E-state index in [1.54, 1.807) is 0 Å². The second-order valence-electron chi connectivity index (χ2n) is 5.33. The fourth-order valence-corrected chi connectivity index (χ4v) is 3.02. The summed E-state index contributed by atoms with van der Waals surface area (Å²) in [4.78, 5) is 3.40. The van der Waals surface area contributed by atoms with Crippen molar-refractivity contribution < 1.29 is 17.9 Å². The van der Waals surface area contributed by atoms with Crippen LogP contribution in [0.25, 0.3) is 0 Å². The molecule has 19 heavy (non-hydrogen) atoms. The van der Waals surface area contributed by atoms with Crippen molar-refractivity contribution in [3.05, 3.63) is 24.0 Å². The van der Waals surface area contributed by atoms with E-state index in [2.05, 4.69) is 17.2 Å². The molecule has 0 amide bonds. The third kappa shape index (κ3) is 2.41. The fraction of sp³-hybridized carbons (Fsp3) is 0.615. The smallest absolute Gasteiger partial charge is 0.433 e. The summed E-state index contributed by atoms with van der Waals surface area (Å²) in [6.45, 7) is 2.15. The van der Waals surface area contributed by atoms with Crippen LogP contribution in [0.15, 0.2) is 18.3 Å². The molecule has 1 aliphatic carbocycles. The number of aromatic nitrogens is 1. The molecule has 1 aromatic rings. The summed E-state index contributed by atoms with van der Waals surface area (Å²) < 4.78 is 42.9. The lowest BCUT2D eigenvalue weighted by Gasteiger charge is -2.27. The van der Waals surface area contributed by atoms with Gasteiger partial charge in [-0.15, -0.1) is 0 Å². The number of nitrogens with zero attached hydrogens (tertiary/aromatic N) is 1. The van der Waals surface area contributed by atoms with Gasteiger partial charge in [0.15, 0.2) is 0 Å². The maximum Gasteiger partial charge on any atom is 0.433 e. The minimum atomic E-state index is -4.40. The van der Waals surface area contributed by atoms with Crippen LogP contribution in [-0.4, -0.2) is 23.2 Å². The molecule has 2 aliphatic rings. The minimum absolute atomic E-state index is 0.0414. The second kappa shape index (κ2) is 4.37. The van der Waals surface area contributed by atoms with E-state index in [1.165, 1.54) is 6.07 Å². The summed E-state index contributed by atoms with van der Waals surface area (Å²) >= 11 is 0. The summed E-state index contributed by atoms with van der Waals surface area (Å²) in [7, 11) is 0. The summed E-state index contributed by atoms with van der Waals surface area (Å²) in [5.41, 5.74) is -0.889. The molecule has 2 fully saturated rings. The van der Waals surface area contributed by atoms with Crippen molar-refractivity contribution in [2.75, 3.05) is 0 Å². The van der Waals surface area contributed by atoms with E-state index in [9.17, 15) is 13.2 Å². The van der Waals surface area contributed by atoms with Crippen LogP contribution in [0.3, 0.4) is 0 Å². The van der Waals surface area contributed by atoms with E-state index in [0.29, 0.717) is 23.8 Å². The highest BCUT2D eigenvalue weighted by Crippen LogP contribution is 2.37. The quantitative estimate of drug-likeness (QED) is 0.898. The topological polar surface area (TPSA) is 34.1 Å². The molecule has 4 atom stereocenters. The fourth-order valence-electron chi connectivity index (χ4n) is 3.02. The van der Waals surface area contributed by atoms with Crippen molar-refractivity contribution in [2.24, 2.45) is 5.92 Å². The molecule has 3 nitrogen and oxygen atoms in total. The van der Waals surface area contributed by atoms with E-state index in [0.717, 1.165) is 25.1 Å². The molecule has 2 heterocycles. The third-order valence-electron chi connectivity index (χ3n) is 4.04. The lowest BCUT2D eigenvalue weighted by Crippen LogP contribution is -2.44. The lowest BCUT2D eigenvalue weighted by atomic mass is 10.0. The highest BCUT2D eigenvalue weighted by molar-refractivity contribution is 5.22. The molecule has 2 bridgehead atoms. The lowest BCUT2D eigenvalue weighted by molar-refractivity contribution is -0.141.